The molecule has 1 fully saturated rings. The molecule has 1 aromatic carbocycles. The highest BCUT2D eigenvalue weighted by Crippen LogP contribution is 2.39. The number of halogens is 1. The summed E-state index contributed by atoms with van der Waals surface area (Å²) < 4.78 is 12.8. The van der Waals surface area contributed by atoms with Crippen LogP contribution in [0.5, 0.6) is 0 Å². The van der Waals surface area contributed by atoms with Crippen LogP contribution in [-0.4, -0.2) is 16.1 Å². The van der Waals surface area contributed by atoms with Crippen LogP contribution in [0, 0.1) is 5.13 Å². The first kappa shape index (κ1) is 13.6. The number of carbonyl (C=O) groups excluding carboxylic acids is 1. The van der Waals surface area contributed by atoms with E-state index < -0.39 is 5.13 Å². The highest BCUT2D eigenvalue weighted by Gasteiger charge is 2.22. The van der Waals surface area contributed by atoms with Gasteiger partial charge in [-0.15, -0.1) is 11.8 Å². The molecule has 3 nitrogen and oxygen atoms in total. The third-order valence-corrected chi connectivity index (χ3v) is 4.89. The van der Waals surface area contributed by atoms with Gasteiger partial charge in [-0.1, -0.05) is 23.5 Å². The topological polar surface area (TPSA) is 42.0 Å². The number of anilines is 1. The predicted octanol–water partition coefficient (Wildman–Crippen LogP) is 3.72. The van der Waals surface area contributed by atoms with E-state index >= 15 is 0 Å². The summed E-state index contributed by atoms with van der Waals surface area (Å²) in [5, 5.41) is 3.27. The molecule has 0 saturated heterocycles. The Morgan fingerprint density at radius 1 is 1.40 bits per heavy atom. The van der Waals surface area contributed by atoms with Crippen LogP contribution in [0.3, 0.4) is 0 Å². The van der Waals surface area contributed by atoms with E-state index in [9.17, 15) is 9.18 Å². The fourth-order valence-electron chi connectivity index (χ4n) is 1.73. The normalized spacial score (nSPS) is 14.2. The standard InChI is InChI=1S/C14H13FN2OS2/c15-12-8-16-14(20-12)17-13(18)7-9-1-3-10(4-2-9)19-11-5-6-11/h1-4,8,11H,5-7H2,(H,16,17,18). The van der Waals surface area contributed by atoms with Crippen molar-refractivity contribution in [2.45, 2.75) is 29.4 Å². The third-order valence-electron chi connectivity index (χ3n) is 2.84. The summed E-state index contributed by atoms with van der Waals surface area (Å²) in [4.78, 5) is 16.8. The number of carbonyl (C=O) groups is 1. The van der Waals surface area contributed by atoms with Gasteiger partial charge < -0.3 is 5.32 Å². The summed E-state index contributed by atoms with van der Waals surface area (Å²) in [5.41, 5.74) is 0.944. The minimum Gasteiger partial charge on any atom is -0.302 e. The summed E-state index contributed by atoms with van der Waals surface area (Å²) in [7, 11) is 0. The monoisotopic (exact) mass is 308 g/mol. The highest BCUT2D eigenvalue weighted by atomic mass is 32.2. The van der Waals surface area contributed by atoms with Crippen LogP contribution in [0.1, 0.15) is 18.4 Å². The van der Waals surface area contributed by atoms with Crippen molar-refractivity contribution in [3.63, 3.8) is 0 Å². The molecular weight excluding hydrogens is 295 g/mol. The lowest BCUT2D eigenvalue weighted by molar-refractivity contribution is -0.115. The van der Waals surface area contributed by atoms with E-state index in [1.165, 1.54) is 17.7 Å². The van der Waals surface area contributed by atoms with Crippen LogP contribution in [0.2, 0.25) is 0 Å². The second-order valence-electron chi connectivity index (χ2n) is 4.66. The Morgan fingerprint density at radius 2 is 2.15 bits per heavy atom. The molecule has 1 heterocycles. The van der Waals surface area contributed by atoms with Crippen molar-refractivity contribution >= 4 is 34.1 Å². The maximum Gasteiger partial charge on any atom is 0.230 e. The second-order valence-corrected chi connectivity index (χ2v) is 7.01. The number of benzene rings is 1. The Bertz CT molecular complexity index is 608. The zero-order valence-corrected chi connectivity index (χ0v) is 12.3. The van der Waals surface area contributed by atoms with E-state index in [1.54, 1.807) is 0 Å². The average molecular weight is 308 g/mol. The van der Waals surface area contributed by atoms with Gasteiger partial charge in [-0.2, -0.15) is 4.39 Å². The van der Waals surface area contributed by atoms with Crippen LogP contribution < -0.4 is 5.32 Å². The molecule has 1 N–H and O–H groups in total. The van der Waals surface area contributed by atoms with Gasteiger partial charge >= 0.3 is 0 Å². The van der Waals surface area contributed by atoms with Crippen LogP contribution in [-0.2, 0) is 11.2 Å². The van der Waals surface area contributed by atoms with E-state index in [-0.39, 0.29) is 12.3 Å². The molecule has 1 saturated carbocycles. The van der Waals surface area contributed by atoms with Gasteiger partial charge in [0.2, 0.25) is 5.91 Å². The van der Waals surface area contributed by atoms with Crippen molar-refractivity contribution in [3.05, 3.63) is 41.2 Å². The van der Waals surface area contributed by atoms with Crippen LogP contribution in [0.25, 0.3) is 0 Å². The molecule has 1 aromatic heterocycles. The summed E-state index contributed by atoms with van der Waals surface area (Å²) in [5.74, 6) is -0.179. The number of hydrogen-bond acceptors (Lipinski definition) is 4. The molecule has 20 heavy (non-hydrogen) atoms. The van der Waals surface area contributed by atoms with Gasteiger partial charge in [-0.25, -0.2) is 4.98 Å². The van der Waals surface area contributed by atoms with Crippen molar-refractivity contribution in [2.24, 2.45) is 0 Å². The van der Waals surface area contributed by atoms with E-state index in [2.05, 4.69) is 22.4 Å². The van der Waals surface area contributed by atoms with E-state index in [4.69, 9.17) is 0 Å². The quantitative estimate of drug-likeness (QED) is 0.915. The van der Waals surface area contributed by atoms with Gasteiger partial charge in [0.05, 0.1) is 12.6 Å². The van der Waals surface area contributed by atoms with E-state index in [0.717, 1.165) is 28.3 Å². The number of nitrogens with zero attached hydrogens (tertiary/aromatic N) is 1. The molecule has 1 amide bonds. The molecule has 1 aliphatic rings. The minimum atomic E-state index is -0.401. The molecule has 2 aromatic rings. The van der Waals surface area contributed by atoms with Crippen LogP contribution in [0.15, 0.2) is 35.4 Å². The van der Waals surface area contributed by atoms with Crippen molar-refractivity contribution < 1.29 is 9.18 Å². The number of rotatable bonds is 5. The molecule has 0 spiro atoms. The predicted molar refractivity (Wildman–Crippen MR) is 79.7 cm³/mol. The van der Waals surface area contributed by atoms with E-state index in [1.807, 2.05) is 23.9 Å². The first-order chi connectivity index (χ1) is 9.69. The van der Waals surface area contributed by atoms with Gasteiger partial charge in [0.25, 0.3) is 0 Å². The van der Waals surface area contributed by atoms with Gasteiger partial charge in [0.1, 0.15) is 0 Å². The minimum absolute atomic E-state index is 0.179. The number of aromatic nitrogens is 1. The lowest BCUT2D eigenvalue weighted by atomic mass is 10.1. The number of thiazole rings is 1. The third kappa shape index (κ3) is 3.80. The van der Waals surface area contributed by atoms with Crippen LogP contribution in [0.4, 0.5) is 9.52 Å². The number of nitrogens with one attached hydrogen (secondary N) is 1. The van der Waals surface area contributed by atoms with Gasteiger partial charge in [0.15, 0.2) is 10.3 Å². The summed E-state index contributed by atoms with van der Waals surface area (Å²) in [6, 6.07) is 8.03. The number of amides is 1. The average Bonchev–Trinajstić information content (AvgIpc) is 3.14. The Morgan fingerprint density at radius 3 is 2.75 bits per heavy atom. The Balaban J connectivity index is 1.54. The van der Waals surface area contributed by atoms with Crippen molar-refractivity contribution in [1.29, 1.82) is 0 Å². The van der Waals surface area contributed by atoms with Gasteiger partial charge in [-0.3, -0.25) is 4.79 Å². The molecule has 3 rings (SSSR count). The van der Waals surface area contributed by atoms with E-state index in [0.29, 0.717) is 5.13 Å². The number of thioether (sulfide) groups is 1. The van der Waals surface area contributed by atoms with Gasteiger partial charge in [0, 0.05) is 10.1 Å². The molecular formula is C14H13FN2OS2. The van der Waals surface area contributed by atoms with Gasteiger partial charge in [-0.05, 0) is 30.5 Å². The summed E-state index contributed by atoms with van der Waals surface area (Å²) >= 11 is 2.72. The fraction of sp³-hybridized carbons (Fsp3) is 0.286. The molecule has 0 atom stereocenters. The molecule has 1 aliphatic carbocycles. The lowest BCUT2D eigenvalue weighted by Crippen LogP contribution is -2.14. The second kappa shape index (κ2) is 5.93. The zero-order chi connectivity index (χ0) is 13.9. The molecule has 0 bridgehead atoms. The molecule has 104 valence electrons. The smallest absolute Gasteiger partial charge is 0.230 e. The largest absolute Gasteiger partial charge is 0.302 e. The summed E-state index contributed by atoms with van der Waals surface area (Å²) in [6.07, 6.45) is 3.98. The van der Waals surface area contributed by atoms with Crippen molar-refractivity contribution in [1.82, 2.24) is 4.98 Å². The Hall–Kier alpha value is -1.40. The Kier molecular flexibility index (Phi) is 4.03. The zero-order valence-electron chi connectivity index (χ0n) is 10.6. The molecule has 0 radical (unpaired) electrons. The maximum absolute atomic E-state index is 12.8. The molecule has 6 heteroatoms. The Labute approximate surface area is 124 Å². The molecule has 0 unspecified atom stereocenters. The van der Waals surface area contributed by atoms with Crippen molar-refractivity contribution in [3.8, 4) is 0 Å². The number of hydrogen-bond donors (Lipinski definition) is 1. The maximum atomic E-state index is 12.8. The lowest BCUT2D eigenvalue weighted by Gasteiger charge is -2.04. The fourth-order valence-corrected chi connectivity index (χ4v) is 3.34. The van der Waals surface area contributed by atoms with Crippen molar-refractivity contribution in [2.75, 3.05) is 5.32 Å². The first-order valence-corrected chi connectivity index (χ1v) is 8.05. The highest BCUT2D eigenvalue weighted by molar-refractivity contribution is 8.00. The van der Waals surface area contributed by atoms with Crippen LogP contribution >= 0.6 is 23.1 Å². The first-order valence-electron chi connectivity index (χ1n) is 6.36. The molecule has 0 aliphatic heterocycles. The SMILES string of the molecule is O=C(Cc1ccc(SC2CC2)cc1)Nc1ncc(F)s1. The summed E-state index contributed by atoms with van der Waals surface area (Å²) in [6.45, 7) is 0.